The Morgan fingerprint density at radius 2 is 2.56 bits per heavy atom. The topological polar surface area (TPSA) is 59.0 Å². The summed E-state index contributed by atoms with van der Waals surface area (Å²) in [5.41, 5.74) is 1.03. The van der Waals surface area contributed by atoms with Gasteiger partial charge in [-0.25, -0.2) is 0 Å². The van der Waals surface area contributed by atoms with E-state index in [9.17, 15) is 4.79 Å². The van der Waals surface area contributed by atoms with E-state index in [1.165, 1.54) is 6.42 Å². The first-order valence-electron chi connectivity index (χ1n) is 5.74. The first-order chi connectivity index (χ1) is 7.75. The second kappa shape index (κ2) is 5.12. The lowest BCUT2D eigenvalue weighted by Gasteiger charge is -2.22. The number of hydrogen-bond donors (Lipinski definition) is 2. The lowest BCUT2D eigenvalue weighted by atomic mass is 10.0. The van der Waals surface area contributed by atoms with Crippen LogP contribution < -0.4 is 10.6 Å². The van der Waals surface area contributed by atoms with E-state index < -0.39 is 0 Å². The van der Waals surface area contributed by atoms with E-state index in [4.69, 9.17) is 0 Å². The fraction of sp³-hybridized carbons (Fsp3) is 0.636. The summed E-state index contributed by atoms with van der Waals surface area (Å²) >= 11 is 0. The van der Waals surface area contributed by atoms with Crippen LogP contribution in [0.4, 0.5) is 0 Å². The van der Waals surface area contributed by atoms with Gasteiger partial charge in [-0.3, -0.25) is 9.48 Å². The summed E-state index contributed by atoms with van der Waals surface area (Å²) in [7, 11) is 1.87. The van der Waals surface area contributed by atoms with Crippen molar-refractivity contribution in [1.29, 1.82) is 0 Å². The highest BCUT2D eigenvalue weighted by Gasteiger charge is 2.19. The predicted octanol–water partition coefficient (Wildman–Crippen LogP) is 0.178. The third-order valence-corrected chi connectivity index (χ3v) is 2.85. The smallest absolute Gasteiger partial charge is 0.237 e. The monoisotopic (exact) mass is 222 g/mol. The molecule has 1 aromatic heterocycles. The molecule has 1 fully saturated rings. The van der Waals surface area contributed by atoms with E-state index >= 15 is 0 Å². The molecule has 1 aromatic rings. The summed E-state index contributed by atoms with van der Waals surface area (Å²) < 4.78 is 1.74. The van der Waals surface area contributed by atoms with E-state index in [1.807, 2.05) is 13.2 Å². The number of hydrogen-bond acceptors (Lipinski definition) is 3. The van der Waals surface area contributed by atoms with Crippen molar-refractivity contribution >= 4 is 5.91 Å². The molecule has 2 N–H and O–H groups in total. The Labute approximate surface area is 95.2 Å². The van der Waals surface area contributed by atoms with E-state index in [2.05, 4.69) is 15.7 Å². The quantitative estimate of drug-likeness (QED) is 0.767. The van der Waals surface area contributed by atoms with Crippen molar-refractivity contribution in [2.45, 2.75) is 31.8 Å². The molecule has 1 saturated heterocycles. The average Bonchev–Trinajstić information content (AvgIpc) is 2.73. The molecule has 2 rings (SSSR count). The highest BCUT2D eigenvalue weighted by atomic mass is 16.2. The van der Waals surface area contributed by atoms with Crippen LogP contribution in [0.15, 0.2) is 12.4 Å². The first-order valence-corrected chi connectivity index (χ1v) is 5.74. The van der Waals surface area contributed by atoms with Gasteiger partial charge in [0.2, 0.25) is 5.91 Å². The molecule has 0 radical (unpaired) electrons. The molecule has 5 nitrogen and oxygen atoms in total. The Kier molecular flexibility index (Phi) is 3.56. The van der Waals surface area contributed by atoms with Crippen LogP contribution in [0.3, 0.4) is 0 Å². The highest BCUT2D eigenvalue weighted by Crippen LogP contribution is 2.07. The van der Waals surface area contributed by atoms with Crippen LogP contribution in [-0.2, 0) is 18.4 Å². The lowest BCUT2D eigenvalue weighted by Crippen LogP contribution is -2.46. The number of rotatable bonds is 3. The summed E-state index contributed by atoms with van der Waals surface area (Å²) in [6, 6.07) is -0.00887. The average molecular weight is 222 g/mol. The van der Waals surface area contributed by atoms with Crippen molar-refractivity contribution in [2.75, 3.05) is 6.54 Å². The number of piperidine rings is 1. The van der Waals surface area contributed by atoms with Gasteiger partial charge in [0.15, 0.2) is 0 Å². The minimum Gasteiger partial charge on any atom is -0.351 e. The van der Waals surface area contributed by atoms with Crippen LogP contribution in [0.1, 0.15) is 24.8 Å². The second-order valence-corrected chi connectivity index (χ2v) is 4.24. The second-order valence-electron chi connectivity index (χ2n) is 4.24. The fourth-order valence-electron chi connectivity index (χ4n) is 1.95. The molecule has 5 heteroatoms. The zero-order valence-electron chi connectivity index (χ0n) is 9.57. The van der Waals surface area contributed by atoms with Crippen LogP contribution in [0.2, 0.25) is 0 Å². The predicted molar refractivity (Wildman–Crippen MR) is 60.7 cm³/mol. The van der Waals surface area contributed by atoms with Gasteiger partial charge in [0, 0.05) is 25.4 Å². The molecule has 1 aliphatic rings. The molecule has 88 valence electrons. The Hall–Kier alpha value is -1.36. The third-order valence-electron chi connectivity index (χ3n) is 2.85. The Balaban J connectivity index is 1.78. The molecular formula is C11H18N4O. The van der Waals surface area contributed by atoms with Crippen LogP contribution in [0, 0.1) is 0 Å². The van der Waals surface area contributed by atoms with Crippen molar-refractivity contribution in [3.63, 3.8) is 0 Å². The summed E-state index contributed by atoms with van der Waals surface area (Å²) in [5, 5.41) is 10.2. The largest absolute Gasteiger partial charge is 0.351 e. The number of nitrogens with zero attached hydrogens (tertiary/aromatic N) is 2. The number of aryl methyl sites for hydroxylation is 1. The van der Waals surface area contributed by atoms with Gasteiger partial charge in [-0.2, -0.15) is 5.10 Å². The molecule has 0 aliphatic carbocycles. The summed E-state index contributed by atoms with van der Waals surface area (Å²) in [6.45, 7) is 1.51. The maximum atomic E-state index is 11.8. The Morgan fingerprint density at radius 3 is 3.19 bits per heavy atom. The lowest BCUT2D eigenvalue weighted by molar-refractivity contribution is -0.123. The zero-order valence-corrected chi connectivity index (χ0v) is 9.57. The van der Waals surface area contributed by atoms with Crippen molar-refractivity contribution in [3.8, 4) is 0 Å². The maximum absolute atomic E-state index is 11.8. The third kappa shape index (κ3) is 2.82. The minimum absolute atomic E-state index is 0.00887. The Morgan fingerprint density at radius 1 is 1.69 bits per heavy atom. The Bertz CT molecular complexity index is 355. The molecule has 1 aliphatic heterocycles. The minimum atomic E-state index is -0.00887. The summed E-state index contributed by atoms with van der Waals surface area (Å²) in [6.07, 6.45) is 6.94. The molecule has 1 amide bonds. The normalized spacial score (nSPS) is 20.7. The number of amides is 1. The highest BCUT2D eigenvalue weighted by molar-refractivity contribution is 5.81. The summed E-state index contributed by atoms with van der Waals surface area (Å²) in [5.74, 6) is 0.101. The number of aromatic nitrogens is 2. The van der Waals surface area contributed by atoms with Crippen molar-refractivity contribution in [1.82, 2.24) is 20.4 Å². The SMILES string of the molecule is Cn1cc(CNC(=O)[C@@H]2CCCCN2)cn1. The van der Waals surface area contributed by atoms with Gasteiger partial charge in [0.05, 0.1) is 12.2 Å². The standard InChI is InChI=1S/C11H18N4O/c1-15-8-9(7-14-15)6-13-11(16)10-4-2-3-5-12-10/h7-8,10,12H,2-6H2,1H3,(H,13,16)/t10-/m0/s1. The van der Waals surface area contributed by atoms with E-state index in [0.717, 1.165) is 24.9 Å². The molecule has 0 bridgehead atoms. The van der Waals surface area contributed by atoms with E-state index in [-0.39, 0.29) is 11.9 Å². The van der Waals surface area contributed by atoms with Gasteiger partial charge >= 0.3 is 0 Å². The van der Waals surface area contributed by atoms with Crippen LogP contribution >= 0.6 is 0 Å². The van der Waals surface area contributed by atoms with E-state index in [1.54, 1.807) is 10.9 Å². The van der Waals surface area contributed by atoms with Crippen LogP contribution in [0.5, 0.6) is 0 Å². The zero-order chi connectivity index (χ0) is 11.4. The van der Waals surface area contributed by atoms with Gasteiger partial charge in [-0.1, -0.05) is 6.42 Å². The van der Waals surface area contributed by atoms with Gasteiger partial charge in [-0.05, 0) is 19.4 Å². The van der Waals surface area contributed by atoms with Crippen molar-refractivity contribution < 1.29 is 4.79 Å². The fourth-order valence-corrected chi connectivity index (χ4v) is 1.95. The van der Waals surface area contributed by atoms with Gasteiger partial charge in [-0.15, -0.1) is 0 Å². The van der Waals surface area contributed by atoms with Crippen LogP contribution in [-0.4, -0.2) is 28.3 Å². The summed E-state index contributed by atoms with van der Waals surface area (Å²) in [4.78, 5) is 11.8. The molecule has 0 spiro atoms. The molecule has 0 aromatic carbocycles. The van der Waals surface area contributed by atoms with Gasteiger partial charge < -0.3 is 10.6 Å². The molecule has 16 heavy (non-hydrogen) atoms. The molecule has 1 atom stereocenters. The van der Waals surface area contributed by atoms with E-state index in [0.29, 0.717) is 6.54 Å². The molecule has 0 saturated carbocycles. The molecular weight excluding hydrogens is 204 g/mol. The molecule has 0 unspecified atom stereocenters. The van der Waals surface area contributed by atoms with Gasteiger partial charge in [0.25, 0.3) is 0 Å². The molecule has 2 heterocycles. The van der Waals surface area contributed by atoms with Crippen LogP contribution in [0.25, 0.3) is 0 Å². The number of carbonyl (C=O) groups excluding carboxylic acids is 1. The van der Waals surface area contributed by atoms with Crippen molar-refractivity contribution in [2.24, 2.45) is 7.05 Å². The number of carbonyl (C=O) groups is 1. The first kappa shape index (κ1) is 11.1. The maximum Gasteiger partial charge on any atom is 0.237 e. The van der Waals surface area contributed by atoms with Gasteiger partial charge in [0.1, 0.15) is 0 Å². The number of nitrogens with one attached hydrogen (secondary N) is 2. The van der Waals surface area contributed by atoms with Crippen molar-refractivity contribution in [3.05, 3.63) is 18.0 Å².